The Morgan fingerprint density at radius 1 is 1.26 bits per heavy atom. The Morgan fingerprint density at radius 2 is 2.09 bits per heavy atom. The van der Waals surface area contributed by atoms with Crippen molar-refractivity contribution in [2.75, 3.05) is 6.54 Å². The quantitative estimate of drug-likeness (QED) is 0.879. The first-order valence-corrected chi connectivity index (χ1v) is 9.33. The third-order valence-corrected chi connectivity index (χ3v) is 5.71. The SMILES string of the molecule is O=C(NC1CCCCC1O)C1CCCN1C(=O)Cc1cccs1. The number of carbonyl (C=O) groups is 2. The highest BCUT2D eigenvalue weighted by Crippen LogP contribution is 2.22. The van der Waals surface area contributed by atoms with E-state index in [2.05, 4.69) is 5.32 Å². The lowest BCUT2D eigenvalue weighted by atomic mass is 9.92. The summed E-state index contributed by atoms with van der Waals surface area (Å²) in [6.45, 7) is 0.648. The Labute approximate surface area is 140 Å². The number of hydrogen-bond acceptors (Lipinski definition) is 4. The number of amides is 2. The summed E-state index contributed by atoms with van der Waals surface area (Å²) in [5.74, 6) is -0.0812. The molecule has 6 heteroatoms. The first kappa shape index (κ1) is 16.5. The second kappa shape index (κ2) is 7.45. The third-order valence-electron chi connectivity index (χ3n) is 4.84. The number of carbonyl (C=O) groups excluding carboxylic acids is 2. The molecular weight excluding hydrogens is 312 g/mol. The molecule has 126 valence electrons. The standard InChI is InChI=1S/C17H24N2O3S/c20-15-8-2-1-6-13(15)18-17(22)14-7-3-9-19(14)16(21)11-12-5-4-10-23-12/h4-5,10,13-15,20H,1-3,6-9,11H2,(H,18,22). The Kier molecular flexibility index (Phi) is 5.33. The lowest BCUT2D eigenvalue weighted by Gasteiger charge is -2.31. The van der Waals surface area contributed by atoms with Gasteiger partial charge < -0.3 is 15.3 Å². The first-order chi connectivity index (χ1) is 11.1. The van der Waals surface area contributed by atoms with Crippen LogP contribution in [0.4, 0.5) is 0 Å². The van der Waals surface area contributed by atoms with Gasteiger partial charge in [-0.05, 0) is 37.1 Å². The van der Waals surface area contributed by atoms with E-state index in [4.69, 9.17) is 0 Å². The molecule has 1 aliphatic heterocycles. The molecule has 1 aromatic heterocycles. The third kappa shape index (κ3) is 3.93. The molecule has 2 amide bonds. The van der Waals surface area contributed by atoms with Crippen LogP contribution < -0.4 is 5.32 Å². The lowest BCUT2D eigenvalue weighted by Crippen LogP contribution is -2.52. The molecule has 23 heavy (non-hydrogen) atoms. The van der Waals surface area contributed by atoms with Crippen LogP contribution in [-0.4, -0.2) is 46.6 Å². The van der Waals surface area contributed by atoms with Gasteiger partial charge in [-0.3, -0.25) is 9.59 Å². The van der Waals surface area contributed by atoms with E-state index in [0.717, 1.165) is 37.0 Å². The second-order valence-corrected chi connectivity index (χ2v) is 7.50. The number of hydrogen-bond donors (Lipinski definition) is 2. The summed E-state index contributed by atoms with van der Waals surface area (Å²) in [6.07, 6.45) is 5.11. The molecule has 5 nitrogen and oxygen atoms in total. The van der Waals surface area contributed by atoms with Gasteiger partial charge in [0, 0.05) is 11.4 Å². The van der Waals surface area contributed by atoms with Gasteiger partial charge in [0.15, 0.2) is 0 Å². The molecule has 0 radical (unpaired) electrons. The van der Waals surface area contributed by atoms with E-state index in [9.17, 15) is 14.7 Å². The van der Waals surface area contributed by atoms with E-state index in [0.29, 0.717) is 19.4 Å². The van der Waals surface area contributed by atoms with Crippen molar-refractivity contribution in [2.24, 2.45) is 0 Å². The minimum atomic E-state index is -0.454. The van der Waals surface area contributed by atoms with E-state index in [1.165, 1.54) is 0 Å². The maximum Gasteiger partial charge on any atom is 0.243 e. The van der Waals surface area contributed by atoms with Gasteiger partial charge in [-0.15, -0.1) is 11.3 Å². The number of likely N-dealkylation sites (tertiary alicyclic amines) is 1. The van der Waals surface area contributed by atoms with Crippen molar-refractivity contribution in [2.45, 2.75) is 63.1 Å². The van der Waals surface area contributed by atoms with Crippen LogP contribution in [-0.2, 0) is 16.0 Å². The molecule has 0 aromatic carbocycles. The summed E-state index contributed by atoms with van der Waals surface area (Å²) in [5, 5.41) is 14.9. The van der Waals surface area contributed by atoms with Gasteiger partial charge in [-0.1, -0.05) is 18.9 Å². The van der Waals surface area contributed by atoms with Gasteiger partial charge in [0.25, 0.3) is 0 Å². The van der Waals surface area contributed by atoms with Gasteiger partial charge >= 0.3 is 0 Å². The fourth-order valence-corrected chi connectivity index (χ4v) is 4.26. The van der Waals surface area contributed by atoms with Gasteiger partial charge in [0.1, 0.15) is 6.04 Å². The maximum atomic E-state index is 12.6. The van der Waals surface area contributed by atoms with Crippen molar-refractivity contribution < 1.29 is 14.7 Å². The second-order valence-electron chi connectivity index (χ2n) is 6.47. The number of thiophene rings is 1. The van der Waals surface area contributed by atoms with Crippen LogP contribution in [0.2, 0.25) is 0 Å². The minimum absolute atomic E-state index is 0.0225. The van der Waals surface area contributed by atoms with Crippen LogP contribution >= 0.6 is 11.3 Å². The normalized spacial score (nSPS) is 27.9. The monoisotopic (exact) mass is 336 g/mol. The van der Waals surface area contributed by atoms with Crippen LogP contribution in [0.5, 0.6) is 0 Å². The number of nitrogens with one attached hydrogen (secondary N) is 1. The predicted octanol–water partition coefficient (Wildman–Crippen LogP) is 1.70. The molecule has 2 fully saturated rings. The summed E-state index contributed by atoms with van der Waals surface area (Å²) in [6, 6.07) is 3.35. The zero-order valence-corrected chi connectivity index (χ0v) is 14.1. The highest BCUT2D eigenvalue weighted by Gasteiger charge is 2.36. The molecule has 1 saturated carbocycles. The molecule has 3 unspecified atom stereocenters. The van der Waals surface area contributed by atoms with Gasteiger partial charge in [0.05, 0.1) is 18.6 Å². The van der Waals surface area contributed by atoms with E-state index >= 15 is 0 Å². The Hall–Kier alpha value is -1.40. The smallest absolute Gasteiger partial charge is 0.243 e. The number of rotatable bonds is 4. The average Bonchev–Trinajstić information content (AvgIpc) is 3.20. The first-order valence-electron chi connectivity index (χ1n) is 8.45. The molecule has 1 aliphatic carbocycles. The molecule has 0 bridgehead atoms. The van der Waals surface area contributed by atoms with Crippen molar-refractivity contribution in [1.82, 2.24) is 10.2 Å². The molecular formula is C17H24N2O3S. The van der Waals surface area contributed by atoms with E-state index in [1.807, 2.05) is 17.5 Å². The topological polar surface area (TPSA) is 69.6 Å². The predicted molar refractivity (Wildman–Crippen MR) is 89.2 cm³/mol. The summed E-state index contributed by atoms with van der Waals surface area (Å²) in [4.78, 5) is 27.8. The highest BCUT2D eigenvalue weighted by atomic mass is 32.1. The number of nitrogens with zero attached hydrogens (tertiary/aromatic N) is 1. The number of aliphatic hydroxyl groups excluding tert-OH is 1. The molecule has 3 atom stereocenters. The Balaban J connectivity index is 1.59. The lowest BCUT2D eigenvalue weighted by molar-refractivity contribution is -0.138. The van der Waals surface area contributed by atoms with Crippen molar-refractivity contribution >= 4 is 23.2 Å². The van der Waals surface area contributed by atoms with Crippen LogP contribution in [0.25, 0.3) is 0 Å². The van der Waals surface area contributed by atoms with Crippen LogP contribution in [0.1, 0.15) is 43.4 Å². The molecule has 1 aromatic rings. The molecule has 3 rings (SSSR count). The molecule has 1 saturated heterocycles. The van der Waals surface area contributed by atoms with Gasteiger partial charge in [-0.2, -0.15) is 0 Å². The van der Waals surface area contributed by atoms with E-state index in [-0.39, 0.29) is 23.9 Å². The molecule has 0 spiro atoms. The fourth-order valence-electron chi connectivity index (χ4n) is 3.56. The van der Waals surface area contributed by atoms with Gasteiger partial charge in [-0.25, -0.2) is 0 Å². The molecule has 2 heterocycles. The maximum absolute atomic E-state index is 12.6. The Bertz CT molecular complexity index is 546. The summed E-state index contributed by atoms with van der Waals surface area (Å²) in [7, 11) is 0. The summed E-state index contributed by atoms with van der Waals surface area (Å²) >= 11 is 1.57. The largest absolute Gasteiger partial charge is 0.391 e. The summed E-state index contributed by atoms with van der Waals surface area (Å²) < 4.78 is 0. The fraction of sp³-hybridized carbons (Fsp3) is 0.647. The average molecular weight is 336 g/mol. The molecule has 2 aliphatic rings. The Morgan fingerprint density at radius 3 is 2.83 bits per heavy atom. The molecule has 2 N–H and O–H groups in total. The van der Waals surface area contributed by atoms with Crippen molar-refractivity contribution in [3.63, 3.8) is 0 Å². The van der Waals surface area contributed by atoms with Crippen molar-refractivity contribution in [1.29, 1.82) is 0 Å². The van der Waals surface area contributed by atoms with E-state index in [1.54, 1.807) is 16.2 Å². The highest BCUT2D eigenvalue weighted by molar-refractivity contribution is 7.10. The van der Waals surface area contributed by atoms with E-state index < -0.39 is 6.10 Å². The van der Waals surface area contributed by atoms with Crippen molar-refractivity contribution in [3.8, 4) is 0 Å². The van der Waals surface area contributed by atoms with Crippen LogP contribution in [0, 0.1) is 0 Å². The number of aliphatic hydroxyl groups is 1. The van der Waals surface area contributed by atoms with Gasteiger partial charge in [0.2, 0.25) is 11.8 Å². The zero-order chi connectivity index (χ0) is 16.2. The van der Waals surface area contributed by atoms with Crippen LogP contribution in [0.3, 0.4) is 0 Å². The van der Waals surface area contributed by atoms with Crippen molar-refractivity contribution in [3.05, 3.63) is 22.4 Å². The minimum Gasteiger partial charge on any atom is -0.391 e. The summed E-state index contributed by atoms with van der Waals surface area (Å²) in [5.41, 5.74) is 0. The zero-order valence-electron chi connectivity index (χ0n) is 13.2. The van der Waals surface area contributed by atoms with Crippen LogP contribution in [0.15, 0.2) is 17.5 Å².